The molecule has 1 atom stereocenters. The van der Waals surface area contributed by atoms with Gasteiger partial charge < -0.3 is 29.8 Å². The Bertz CT molecular complexity index is 1580. The van der Waals surface area contributed by atoms with Crippen LogP contribution in [0.1, 0.15) is 34.0 Å². The highest BCUT2D eigenvalue weighted by Crippen LogP contribution is 2.26. The normalized spacial score (nSPS) is 18.2. The lowest BCUT2D eigenvalue weighted by molar-refractivity contribution is -0.914. The molecule has 5 rings (SSSR count). The van der Waals surface area contributed by atoms with Gasteiger partial charge in [0.15, 0.2) is 0 Å². The minimum atomic E-state index is -5.19. The van der Waals surface area contributed by atoms with Gasteiger partial charge in [0.2, 0.25) is 0 Å². The van der Waals surface area contributed by atoms with Crippen LogP contribution in [0.2, 0.25) is 0 Å². The Labute approximate surface area is 291 Å². The maximum Gasteiger partial charge on any atom is 0.430 e. The molecule has 13 heteroatoms. The highest BCUT2D eigenvalue weighted by atomic mass is 19.4. The van der Waals surface area contributed by atoms with Gasteiger partial charge >= 0.3 is 6.18 Å². The number of piperazine rings is 2. The molecule has 1 amide bonds. The third-order valence-corrected chi connectivity index (χ3v) is 9.16. The van der Waals surface area contributed by atoms with E-state index in [-0.39, 0.29) is 11.7 Å². The number of carboxylic acids is 1. The zero-order chi connectivity index (χ0) is 36.3. The van der Waals surface area contributed by atoms with E-state index in [1.807, 2.05) is 36.4 Å². The average molecular weight is 702 g/mol. The number of methoxy groups -OCH3 is 1. The zero-order valence-corrected chi connectivity index (χ0v) is 28.9. The van der Waals surface area contributed by atoms with Gasteiger partial charge in [0, 0.05) is 76.6 Å². The van der Waals surface area contributed by atoms with Gasteiger partial charge in [-0.3, -0.25) is 14.6 Å². The van der Waals surface area contributed by atoms with Crippen LogP contribution in [0.25, 0.3) is 11.1 Å². The van der Waals surface area contributed by atoms with Crippen LogP contribution < -0.4 is 15.7 Å². The van der Waals surface area contributed by atoms with Crippen LogP contribution in [0.15, 0.2) is 66.7 Å². The van der Waals surface area contributed by atoms with Crippen molar-refractivity contribution in [3.8, 4) is 11.1 Å². The SMILES string of the molecule is COCC[N+]1(C)CCN(Cc2cccc(C(=O)NCc3ccc(F)c(-c4cccc(CN5CCN[C@@H](C)C5)c4)c3)c2)CC1.O=C([O-])C(F)(F)F. The van der Waals surface area contributed by atoms with E-state index in [0.29, 0.717) is 23.7 Å². The molecule has 2 fully saturated rings. The van der Waals surface area contributed by atoms with Crippen molar-refractivity contribution >= 4 is 11.9 Å². The Hall–Kier alpha value is -3.88. The lowest BCUT2D eigenvalue weighted by atomic mass is 10.00. The van der Waals surface area contributed by atoms with E-state index < -0.39 is 12.1 Å². The Morgan fingerprint density at radius 3 is 2.28 bits per heavy atom. The van der Waals surface area contributed by atoms with Crippen LogP contribution in [0.3, 0.4) is 0 Å². The number of carbonyl (C=O) groups excluding carboxylic acids is 2. The number of nitrogens with one attached hydrogen (secondary N) is 2. The van der Waals surface area contributed by atoms with Crippen molar-refractivity contribution in [1.29, 1.82) is 0 Å². The van der Waals surface area contributed by atoms with Gasteiger partial charge in [-0.05, 0) is 59.5 Å². The van der Waals surface area contributed by atoms with E-state index in [0.717, 1.165) is 93.2 Å². The summed E-state index contributed by atoms with van der Waals surface area (Å²) < 4.78 is 52.9. The van der Waals surface area contributed by atoms with Gasteiger partial charge in [-0.25, -0.2) is 4.39 Å². The third kappa shape index (κ3) is 11.9. The lowest BCUT2D eigenvalue weighted by Gasteiger charge is -2.42. The number of likely N-dealkylation sites (N-methyl/N-ethyl adjacent to an activating group) is 1. The molecule has 0 aromatic heterocycles. The lowest BCUT2D eigenvalue weighted by Crippen LogP contribution is -2.58. The van der Waals surface area contributed by atoms with Crippen LogP contribution in [-0.2, 0) is 29.2 Å². The second-order valence-electron chi connectivity index (χ2n) is 13.3. The first-order valence-corrected chi connectivity index (χ1v) is 16.8. The van der Waals surface area contributed by atoms with Crippen LogP contribution in [0, 0.1) is 5.82 Å². The number of halogens is 4. The van der Waals surface area contributed by atoms with Crippen molar-refractivity contribution in [1.82, 2.24) is 20.4 Å². The minimum Gasteiger partial charge on any atom is -0.542 e. The summed E-state index contributed by atoms with van der Waals surface area (Å²) in [6, 6.07) is 21.6. The molecule has 0 saturated carbocycles. The molecule has 0 radical (unpaired) electrons. The van der Waals surface area contributed by atoms with Crippen LogP contribution in [-0.4, -0.2) is 111 Å². The van der Waals surface area contributed by atoms with Gasteiger partial charge in [-0.1, -0.05) is 36.4 Å². The fourth-order valence-electron chi connectivity index (χ4n) is 6.19. The zero-order valence-electron chi connectivity index (χ0n) is 28.9. The fraction of sp³-hybridized carbons (Fsp3) is 0.459. The van der Waals surface area contributed by atoms with Crippen molar-refractivity contribution < 1.29 is 41.5 Å². The number of amides is 1. The highest BCUT2D eigenvalue weighted by Gasteiger charge is 2.29. The Kier molecular flexibility index (Phi) is 13.9. The molecule has 2 N–H and O–H groups in total. The second-order valence-corrected chi connectivity index (χ2v) is 13.3. The average Bonchev–Trinajstić information content (AvgIpc) is 3.08. The summed E-state index contributed by atoms with van der Waals surface area (Å²) in [7, 11) is 4.06. The quantitative estimate of drug-likeness (QED) is 0.234. The Balaban J connectivity index is 0.000000727. The van der Waals surface area contributed by atoms with Gasteiger partial charge in [0.05, 0.1) is 26.7 Å². The van der Waals surface area contributed by atoms with E-state index >= 15 is 0 Å². The first-order valence-electron chi connectivity index (χ1n) is 16.8. The summed E-state index contributed by atoms with van der Waals surface area (Å²) >= 11 is 0. The van der Waals surface area contributed by atoms with Crippen molar-refractivity contribution in [3.05, 3.63) is 94.8 Å². The highest BCUT2D eigenvalue weighted by molar-refractivity contribution is 5.94. The van der Waals surface area contributed by atoms with Crippen molar-refractivity contribution in [2.24, 2.45) is 0 Å². The molecule has 272 valence electrons. The predicted molar refractivity (Wildman–Crippen MR) is 181 cm³/mol. The standard InChI is InChI=1S/C35H46FN5O2.C2HF3O2/c1-27-24-40(13-12-37-27)26-29-6-4-8-31(20-29)33-22-28(10-11-34(33)36)23-38-35(42)32-9-5-7-30(21-32)25-39-14-16-41(2,17-15-39)18-19-43-3;3-2(4,5)1(6)7/h4-11,20-22,27,37H,12-19,23-26H2,1-3H3;(H,6,7)/t27-;/m0./s1. The maximum atomic E-state index is 15.0. The summed E-state index contributed by atoms with van der Waals surface area (Å²) in [5, 5.41) is 15.3. The minimum absolute atomic E-state index is 0.123. The number of quaternary nitrogens is 1. The molecule has 0 bridgehead atoms. The Morgan fingerprint density at radius 2 is 1.62 bits per heavy atom. The number of rotatable bonds is 11. The number of alkyl halides is 3. The van der Waals surface area contributed by atoms with Crippen molar-refractivity contribution in [2.45, 2.75) is 38.8 Å². The molecule has 2 aliphatic heterocycles. The van der Waals surface area contributed by atoms with E-state index in [2.05, 4.69) is 52.6 Å². The first kappa shape index (κ1) is 38.9. The summed E-state index contributed by atoms with van der Waals surface area (Å²) in [6.07, 6.45) is -5.19. The van der Waals surface area contributed by atoms with Gasteiger partial charge in [0.25, 0.3) is 5.91 Å². The summed E-state index contributed by atoms with van der Waals surface area (Å²) in [5.74, 6) is -3.39. The molecule has 2 aliphatic rings. The van der Waals surface area contributed by atoms with Gasteiger partial charge in [-0.2, -0.15) is 13.2 Å². The van der Waals surface area contributed by atoms with E-state index in [4.69, 9.17) is 14.6 Å². The Morgan fingerprint density at radius 1 is 0.960 bits per heavy atom. The molecule has 0 unspecified atom stereocenters. The van der Waals surface area contributed by atoms with Crippen molar-refractivity contribution in [3.63, 3.8) is 0 Å². The van der Waals surface area contributed by atoms with E-state index in [9.17, 15) is 22.4 Å². The summed E-state index contributed by atoms with van der Waals surface area (Å²) in [4.78, 5) is 26.8. The molecule has 2 heterocycles. The number of carbonyl (C=O) groups is 2. The third-order valence-electron chi connectivity index (χ3n) is 9.16. The number of ether oxygens (including phenoxy) is 1. The fourth-order valence-corrected chi connectivity index (χ4v) is 6.19. The summed E-state index contributed by atoms with van der Waals surface area (Å²) in [6.45, 7) is 13.3. The van der Waals surface area contributed by atoms with Crippen LogP contribution in [0.4, 0.5) is 17.6 Å². The molecule has 9 nitrogen and oxygen atoms in total. The molecule has 3 aromatic carbocycles. The summed E-state index contributed by atoms with van der Waals surface area (Å²) in [5.41, 5.74) is 5.24. The molecule has 0 aliphatic carbocycles. The van der Waals surface area contributed by atoms with Gasteiger partial charge in [0.1, 0.15) is 18.3 Å². The number of carboxylic acid groups (broad SMARTS) is 1. The smallest absolute Gasteiger partial charge is 0.430 e. The second kappa shape index (κ2) is 17.9. The largest absolute Gasteiger partial charge is 0.542 e. The van der Waals surface area contributed by atoms with Crippen LogP contribution >= 0.6 is 0 Å². The first-order chi connectivity index (χ1) is 23.7. The van der Waals surface area contributed by atoms with Gasteiger partial charge in [-0.15, -0.1) is 0 Å². The number of nitrogens with zero attached hydrogens (tertiary/aromatic N) is 3. The molecular weight excluding hydrogens is 654 g/mol. The monoisotopic (exact) mass is 701 g/mol. The molecule has 3 aromatic rings. The molecule has 0 spiro atoms. The topological polar surface area (TPSA) is 97.0 Å². The molecular formula is C37H47F4N5O4. The molecule has 2 saturated heterocycles. The maximum absolute atomic E-state index is 15.0. The van der Waals surface area contributed by atoms with Crippen LogP contribution in [0.5, 0.6) is 0 Å². The number of benzene rings is 3. The number of hydrogen-bond donors (Lipinski definition) is 2. The van der Waals surface area contributed by atoms with Crippen molar-refractivity contribution in [2.75, 3.05) is 73.1 Å². The number of hydrogen-bond acceptors (Lipinski definition) is 7. The number of aliphatic carboxylic acids is 1. The predicted octanol–water partition coefficient (Wildman–Crippen LogP) is 3.42. The molecule has 50 heavy (non-hydrogen) atoms. The van der Waals surface area contributed by atoms with E-state index in [1.165, 1.54) is 11.6 Å². The van der Waals surface area contributed by atoms with E-state index in [1.54, 1.807) is 13.2 Å².